The lowest BCUT2D eigenvalue weighted by Crippen LogP contribution is -2.51. The van der Waals surface area contributed by atoms with E-state index < -0.39 is 39.8 Å². The number of alkyl halides is 2. The summed E-state index contributed by atoms with van der Waals surface area (Å²) in [5.74, 6) is -4.52. The van der Waals surface area contributed by atoms with Gasteiger partial charge in [0.05, 0.1) is 29.1 Å². The van der Waals surface area contributed by atoms with E-state index in [-0.39, 0.29) is 74.7 Å². The highest BCUT2D eigenvalue weighted by molar-refractivity contribution is 7.92. The van der Waals surface area contributed by atoms with Gasteiger partial charge in [0, 0.05) is 44.2 Å². The number of hydrogen-bond acceptors (Lipinski definition) is 7. The van der Waals surface area contributed by atoms with E-state index in [1.165, 1.54) is 12.1 Å². The van der Waals surface area contributed by atoms with Crippen molar-refractivity contribution >= 4 is 33.8 Å². The largest absolute Gasteiger partial charge is 0.483 e. The number of aliphatic hydroxyl groups excluding tert-OH is 1. The molecule has 0 bridgehead atoms. The third kappa shape index (κ3) is 9.83. The molecule has 244 valence electrons. The molecule has 5 N–H and O–H groups in total. The molecule has 0 spiro atoms. The van der Waals surface area contributed by atoms with E-state index in [0.29, 0.717) is 25.1 Å². The second-order valence-corrected chi connectivity index (χ2v) is 13.0. The lowest BCUT2D eigenvalue weighted by Gasteiger charge is -2.31. The fraction of sp³-hybridized carbons (Fsp3) is 0.533. The number of halogens is 3. The maximum atomic E-state index is 15.9. The highest BCUT2D eigenvalue weighted by Gasteiger charge is 2.35. The molecule has 1 saturated heterocycles. The summed E-state index contributed by atoms with van der Waals surface area (Å²) in [5.41, 5.74) is 0.693. The van der Waals surface area contributed by atoms with Crippen LogP contribution in [0.1, 0.15) is 61.4 Å². The molecule has 0 aromatic heterocycles. The second-order valence-electron chi connectivity index (χ2n) is 11.0. The van der Waals surface area contributed by atoms with E-state index in [1.54, 1.807) is 0 Å². The standard InChI is InChI=1S/C29H39F3N4O4S.CH2O2/c1-2-33-22-17-23(27(30)25(18-22)36-14-6-7-15-41(36,39)40)28(38)35-24(16-20-8-4-3-5-9-20)26(37)19-34-21-10-12-29(31,32)13-11-21;2-1-3/h3-5,8-9,17-18,21,24,26,33-34,37H,2,6-7,10-16,19H2,1H3,(H,35,38);1H,(H,2,3)/t24-,26+;/m0./s1. The molecule has 14 heteroatoms. The van der Waals surface area contributed by atoms with Crippen molar-refractivity contribution in [3.05, 3.63) is 59.4 Å². The third-order valence-electron chi connectivity index (χ3n) is 7.71. The number of carbonyl (C=O) groups excluding carboxylic acids is 1. The number of anilines is 2. The molecule has 2 aromatic carbocycles. The van der Waals surface area contributed by atoms with Gasteiger partial charge >= 0.3 is 0 Å². The Kier molecular flexibility index (Phi) is 12.8. The number of nitrogens with zero attached hydrogens (tertiary/aromatic N) is 1. The van der Waals surface area contributed by atoms with E-state index in [9.17, 15) is 27.1 Å². The molecular weight excluding hydrogens is 601 g/mol. The zero-order valence-electron chi connectivity index (χ0n) is 24.6. The van der Waals surface area contributed by atoms with Gasteiger partial charge in [-0.25, -0.2) is 21.6 Å². The quantitative estimate of drug-likeness (QED) is 0.233. The predicted molar refractivity (Wildman–Crippen MR) is 162 cm³/mol. The first-order valence-electron chi connectivity index (χ1n) is 14.7. The molecule has 2 aliphatic rings. The minimum atomic E-state index is -3.74. The van der Waals surface area contributed by atoms with Crippen molar-refractivity contribution in [2.45, 2.75) is 76.0 Å². The summed E-state index contributed by atoms with van der Waals surface area (Å²) in [5, 5.41) is 26.9. The van der Waals surface area contributed by atoms with Crippen molar-refractivity contribution < 1.29 is 41.4 Å². The van der Waals surface area contributed by atoms with Gasteiger partial charge in [-0.05, 0) is 56.7 Å². The summed E-state index contributed by atoms with van der Waals surface area (Å²) in [7, 11) is -3.74. The Labute approximate surface area is 256 Å². The van der Waals surface area contributed by atoms with Gasteiger partial charge in [0.1, 0.15) is 0 Å². The SMILES string of the molecule is CCNc1cc(C(=O)N[C@@H](Cc2ccccc2)[C@H](O)CNC2CCC(F)(F)CC2)c(F)c(N2CCCCS2(=O)=O)c1.O=CO. The van der Waals surface area contributed by atoms with Crippen LogP contribution in [0.3, 0.4) is 0 Å². The van der Waals surface area contributed by atoms with Crippen molar-refractivity contribution in [1.29, 1.82) is 0 Å². The first-order valence-corrected chi connectivity index (χ1v) is 16.3. The van der Waals surface area contributed by atoms with Crippen LogP contribution in [0, 0.1) is 5.82 Å². The van der Waals surface area contributed by atoms with Crippen molar-refractivity contribution in [2.24, 2.45) is 0 Å². The Hall–Kier alpha value is -3.36. The van der Waals surface area contributed by atoms with Crippen LogP contribution >= 0.6 is 0 Å². The van der Waals surface area contributed by atoms with Crippen LogP contribution in [-0.4, -0.2) is 80.5 Å². The molecule has 0 radical (unpaired) electrons. The zero-order chi connectivity index (χ0) is 32.3. The van der Waals surface area contributed by atoms with E-state index in [0.717, 1.165) is 9.87 Å². The van der Waals surface area contributed by atoms with Crippen LogP contribution < -0.4 is 20.3 Å². The monoisotopic (exact) mass is 642 g/mol. The maximum Gasteiger partial charge on any atom is 0.290 e. The van der Waals surface area contributed by atoms with Crippen molar-refractivity contribution in [2.75, 3.05) is 35.0 Å². The number of rotatable bonds is 11. The Morgan fingerprint density at radius 3 is 2.43 bits per heavy atom. The molecule has 4 rings (SSSR count). The highest BCUT2D eigenvalue weighted by atomic mass is 32.2. The lowest BCUT2D eigenvalue weighted by atomic mass is 9.92. The Bertz CT molecular complexity index is 1340. The van der Waals surface area contributed by atoms with Gasteiger partial charge in [0.25, 0.3) is 12.4 Å². The molecule has 0 unspecified atom stereocenters. The van der Waals surface area contributed by atoms with Gasteiger partial charge in [-0.2, -0.15) is 0 Å². The molecule has 1 aliphatic carbocycles. The molecule has 1 heterocycles. The van der Waals surface area contributed by atoms with E-state index in [2.05, 4.69) is 16.0 Å². The summed E-state index contributed by atoms with van der Waals surface area (Å²) in [6, 6.07) is 10.9. The number of benzene rings is 2. The number of hydrogen-bond donors (Lipinski definition) is 5. The maximum absolute atomic E-state index is 15.9. The summed E-state index contributed by atoms with van der Waals surface area (Å²) in [6.07, 6.45) is 0.298. The van der Waals surface area contributed by atoms with Crippen LogP contribution in [-0.2, 0) is 21.2 Å². The van der Waals surface area contributed by atoms with Crippen LogP contribution in [0.2, 0.25) is 0 Å². The number of carbonyl (C=O) groups is 2. The van der Waals surface area contributed by atoms with Crippen LogP contribution in [0.5, 0.6) is 0 Å². The molecule has 2 atom stereocenters. The Morgan fingerprint density at radius 2 is 1.82 bits per heavy atom. The highest BCUT2D eigenvalue weighted by Crippen LogP contribution is 2.33. The Morgan fingerprint density at radius 1 is 1.16 bits per heavy atom. The number of sulfonamides is 1. The second kappa shape index (κ2) is 16.1. The molecule has 2 aromatic rings. The van der Waals surface area contributed by atoms with Crippen LogP contribution in [0.4, 0.5) is 24.5 Å². The summed E-state index contributed by atoms with van der Waals surface area (Å²) in [4.78, 5) is 21.9. The molecule has 1 aliphatic heterocycles. The molecular formula is C30H41F3N4O6S. The minimum absolute atomic E-state index is 0.0468. The van der Waals surface area contributed by atoms with E-state index in [4.69, 9.17) is 9.90 Å². The van der Waals surface area contributed by atoms with Gasteiger partial charge in [0.15, 0.2) is 5.82 Å². The average Bonchev–Trinajstić information content (AvgIpc) is 2.98. The smallest absolute Gasteiger partial charge is 0.290 e. The van der Waals surface area contributed by atoms with E-state index in [1.807, 2.05) is 37.3 Å². The first kappa shape index (κ1) is 35.1. The first-order chi connectivity index (χ1) is 20.9. The fourth-order valence-corrected chi connectivity index (χ4v) is 7.02. The van der Waals surface area contributed by atoms with E-state index >= 15 is 4.39 Å². The Balaban J connectivity index is 0.00000169. The lowest BCUT2D eigenvalue weighted by molar-refractivity contribution is -0.122. The molecule has 2 fully saturated rings. The minimum Gasteiger partial charge on any atom is -0.483 e. The number of nitrogens with one attached hydrogen (secondary N) is 3. The molecule has 1 saturated carbocycles. The number of aliphatic hydroxyl groups is 1. The number of amides is 1. The van der Waals surface area contributed by atoms with Crippen LogP contribution in [0.15, 0.2) is 42.5 Å². The molecule has 10 nitrogen and oxygen atoms in total. The van der Waals surface area contributed by atoms with Crippen molar-refractivity contribution in [3.8, 4) is 0 Å². The zero-order valence-corrected chi connectivity index (χ0v) is 25.5. The normalized spacial score (nSPS) is 19.2. The van der Waals surface area contributed by atoms with Crippen molar-refractivity contribution in [1.82, 2.24) is 10.6 Å². The number of carboxylic acid groups (broad SMARTS) is 1. The molecule has 44 heavy (non-hydrogen) atoms. The third-order valence-corrected chi connectivity index (χ3v) is 9.56. The van der Waals surface area contributed by atoms with Gasteiger partial charge in [0.2, 0.25) is 15.9 Å². The summed E-state index contributed by atoms with van der Waals surface area (Å²) >= 11 is 0. The van der Waals surface area contributed by atoms with Gasteiger partial charge < -0.3 is 26.2 Å². The topological polar surface area (TPSA) is 148 Å². The molecule has 1 amide bonds. The fourth-order valence-electron chi connectivity index (χ4n) is 5.39. The van der Waals surface area contributed by atoms with Crippen molar-refractivity contribution in [3.63, 3.8) is 0 Å². The predicted octanol–water partition coefficient (Wildman–Crippen LogP) is 3.76. The van der Waals surface area contributed by atoms with Gasteiger partial charge in [-0.3, -0.25) is 13.9 Å². The average molecular weight is 643 g/mol. The summed E-state index contributed by atoms with van der Waals surface area (Å²) in [6.45, 7) is 2.20. The summed E-state index contributed by atoms with van der Waals surface area (Å²) < 4.78 is 69.5. The van der Waals surface area contributed by atoms with Gasteiger partial charge in [-0.15, -0.1) is 0 Å². The van der Waals surface area contributed by atoms with Crippen LogP contribution in [0.25, 0.3) is 0 Å². The van der Waals surface area contributed by atoms with Gasteiger partial charge in [-0.1, -0.05) is 30.3 Å².